The van der Waals surface area contributed by atoms with E-state index in [0.29, 0.717) is 10.5 Å². The predicted molar refractivity (Wildman–Crippen MR) is 63.9 cm³/mol. The lowest BCUT2D eigenvalue weighted by Crippen LogP contribution is -2.05. The van der Waals surface area contributed by atoms with E-state index >= 15 is 0 Å². The molecular weight excluding hydrogens is 309 g/mol. The molecule has 0 aromatic heterocycles. The number of ketones is 1. The molecule has 2 rings (SSSR count). The summed E-state index contributed by atoms with van der Waals surface area (Å²) in [6, 6.07) is 6.23. The van der Waals surface area contributed by atoms with E-state index in [4.69, 9.17) is 0 Å². The molecule has 0 unspecified atom stereocenters. The first kappa shape index (κ1) is 12.8. The Morgan fingerprint density at radius 3 is 2.11 bits per heavy atom. The Morgan fingerprint density at radius 1 is 0.944 bits per heavy atom. The minimum atomic E-state index is -0.879. The minimum absolute atomic E-state index is 0.228. The van der Waals surface area contributed by atoms with Crippen molar-refractivity contribution in [3.05, 3.63) is 69.4 Å². The zero-order valence-electron chi connectivity index (χ0n) is 8.88. The van der Waals surface area contributed by atoms with Crippen LogP contribution in [0.4, 0.5) is 13.2 Å². The second kappa shape index (κ2) is 4.94. The summed E-state index contributed by atoms with van der Waals surface area (Å²) in [6.07, 6.45) is 0. The Morgan fingerprint density at radius 2 is 1.56 bits per heavy atom. The van der Waals surface area contributed by atoms with E-state index in [1.54, 1.807) is 0 Å². The van der Waals surface area contributed by atoms with Crippen LogP contribution in [0.15, 0.2) is 40.9 Å². The second-order valence-electron chi connectivity index (χ2n) is 3.61. The molecule has 0 saturated heterocycles. The van der Waals surface area contributed by atoms with E-state index in [0.717, 1.165) is 18.2 Å². The smallest absolute Gasteiger partial charge is 0.196 e. The van der Waals surface area contributed by atoms with E-state index in [9.17, 15) is 18.0 Å². The van der Waals surface area contributed by atoms with Crippen LogP contribution in [0.1, 0.15) is 15.9 Å². The number of rotatable bonds is 2. The molecule has 0 aliphatic rings. The van der Waals surface area contributed by atoms with Gasteiger partial charge in [0.1, 0.15) is 17.5 Å². The lowest BCUT2D eigenvalue weighted by atomic mass is 10.0. The van der Waals surface area contributed by atoms with Gasteiger partial charge < -0.3 is 0 Å². The van der Waals surface area contributed by atoms with Crippen LogP contribution in [-0.4, -0.2) is 5.78 Å². The quantitative estimate of drug-likeness (QED) is 0.763. The molecule has 1 nitrogen and oxygen atoms in total. The van der Waals surface area contributed by atoms with Crippen LogP contribution in [0.3, 0.4) is 0 Å². The number of carbonyl (C=O) groups excluding carboxylic acids is 1. The number of benzene rings is 2. The van der Waals surface area contributed by atoms with Crippen molar-refractivity contribution in [1.82, 2.24) is 0 Å². The monoisotopic (exact) mass is 314 g/mol. The lowest BCUT2D eigenvalue weighted by Gasteiger charge is -2.04. The molecule has 2 aromatic rings. The van der Waals surface area contributed by atoms with E-state index in [1.807, 2.05) is 0 Å². The van der Waals surface area contributed by atoms with E-state index in [2.05, 4.69) is 15.9 Å². The van der Waals surface area contributed by atoms with Gasteiger partial charge in [0.05, 0.1) is 5.56 Å². The van der Waals surface area contributed by atoms with Gasteiger partial charge in [-0.2, -0.15) is 0 Å². The summed E-state index contributed by atoms with van der Waals surface area (Å²) >= 11 is 3.05. The Labute approximate surface area is 109 Å². The molecular formula is C13H6BrF3O. The van der Waals surface area contributed by atoms with Crippen molar-refractivity contribution >= 4 is 21.7 Å². The molecule has 0 spiro atoms. The minimum Gasteiger partial charge on any atom is -0.288 e. The SMILES string of the molecule is O=C(c1cc(F)cc(F)c1)c1ccc(Br)cc1F. The van der Waals surface area contributed by atoms with Crippen molar-refractivity contribution in [3.8, 4) is 0 Å². The molecule has 92 valence electrons. The average molecular weight is 315 g/mol. The van der Waals surface area contributed by atoms with Gasteiger partial charge in [-0.3, -0.25) is 4.79 Å². The maximum atomic E-state index is 13.5. The van der Waals surface area contributed by atoms with Crippen LogP contribution in [0, 0.1) is 17.5 Å². The van der Waals surface area contributed by atoms with Gasteiger partial charge in [-0.05, 0) is 30.3 Å². The molecule has 0 aliphatic heterocycles. The Hall–Kier alpha value is -1.62. The van der Waals surface area contributed by atoms with Crippen LogP contribution in [0.25, 0.3) is 0 Å². The van der Waals surface area contributed by atoms with Crippen molar-refractivity contribution < 1.29 is 18.0 Å². The first-order valence-corrected chi connectivity index (χ1v) is 5.72. The fourth-order valence-corrected chi connectivity index (χ4v) is 1.85. The summed E-state index contributed by atoms with van der Waals surface area (Å²) in [5.41, 5.74) is -0.461. The van der Waals surface area contributed by atoms with Crippen LogP contribution in [0.5, 0.6) is 0 Å². The normalized spacial score (nSPS) is 10.4. The van der Waals surface area contributed by atoms with Gasteiger partial charge in [-0.15, -0.1) is 0 Å². The summed E-state index contributed by atoms with van der Waals surface area (Å²) in [4.78, 5) is 11.9. The van der Waals surface area contributed by atoms with Crippen LogP contribution in [0.2, 0.25) is 0 Å². The fraction of sp³-hybridized carbons (Fsp3) is 0. The highest BCUT2D eigenvalue weighted by molar-refractivity contribution is 9.10. The van der Waals surface area contributed by atoms with Crippen molar-refractivity contribution in [2.45, 2.75) is 0 Å². The molecule has 0 aliphatic carbocycles. The molecule has 0 heterocycles. The number of halogens is 4. The highest BCUT2D eigenvalue weighted by atomic mass is 79.9. The van der Waals surface area contributed by atoms with Crippen molar-refractivity contribution in [3.63, 3.8) is 0 Å². The number of hydrogen-bond donors (Lipinski definition) is 0. The second-order valence-corrected chi connectivity index (χ2v) is 4.53. The third kappa shape index (κ3) is 2.61. The topological polar surface area (TPSA) is 17.1 Å². The standard InChI is InChI=1S/C13H6BrF3O/c14-8-1-2-11(12(17)5-8)13(18)7-3-9(15)6-10(16)4-7/h1-6H. The molecule has 18 heavy (non-hydrogen) atoms. The first-order chi connectivity index (χ1) is 8.47. The third-order valence-corrected chi connectivity index (χ3v) is 2.79. The fourth-order valence-electron chi connectivity index (χ4n) is 1.51. The van der Waals surface area contributed by atoms with Gasteiger partial charge in [-0.25, -0.2) is 13.2 Å². The molecule has 0 N–H and O–H groups in total. The van der Waals surface area contributed by atoms with E-state index in [1.165, 1.54) is 12.1 Å². The van der Waals surface area contributed by atoms with Crippen molar-refractivity contribution in [1.29, 1.82) is 0 Å². The summed E-state index contributed by atoms with van der Waals surface area (Å²) in [7, 11) is 0. The maximum Gasteiger partial charge on any atom is 0.196 e. The predicted octanol–water partition coefficient (Wildman–Crippen LogP) is 4.10. The van der Waals surface area contributed by atoms with Gasteiger partial charge in [0.25, 0.3) is 0 Å². The number of carbonyl (C=O) groups is 1. The molecule has 0 amide bonds. The highest BCUT2D eigenvalue weighted by Crippen LogP contribution is 2.19. The summed E-state index contributed by atoms with van der Waals surface area (Å²) in [5, 5.41) is 0. The zero-order valence-corrected chi connectivity index (χ0v) is 10.5. The van der Waals surface area contributed by atoms with Gasteiger partial charge in [0.15, 0.2) is 5.78 Å². The van der Waals surface area contributed by atoms with Gasteiger partial charge in [0.2, 0.25) is 0 Å². The van der Waals surface area contributed by atoms with Crippen molar-refractivity contribution in [2.75, 3.05) is 0 Å². The van der Waals surface area contributed by atoms with Gasteiger partial charge in [0, 0.05) is 16.1 Å². The van der Waals surface area contributed by atoms with Gasteiger partial charge >= 0.3 is 0 Å². The summed E-state index contributed by atoms with van der Waals surface area (Å²) < 4.78 is 40.0. The Kier molecular flexibility index (Phi) is 3.52. The molecule has 0 atom stereocenters. The van der Waals surface area contributed by atoms with Crippen molar-refractivity contribution in [2.24, 2.45) is 0 Å². The molecule has 0 bridgehead atoms. The Balaban J connectivity index is 2.47. The van der Waals surface area contributed by atoms with Crippen LogP contribution in [-0.2, 0) is 0 Å². The van der Waals surface area contributed by atoms with Crippen LogP contribution >= 0.6 is 15.9 Å². The molecule has 2 aromatic carbocycles. The third-order valence-electron chi connectivity index (χ3n) is 2.30. The highest BCUT2D eigenvalue weighted by Gasteiger charge is 2.15. The lowest BCUT2D eigenvalue weighted by molar-refractivity contribution is 0.103. The molecule has 0 radical (unpaired) electrons. The molecule has 0 saturated carbocycles. The largest absolute Gasteiger partial charge is 0.288 e. The Bertz CT molecular complexity index is 605. The molecule has 5 heteroatoms. The summed E-state index contributed by atoms with van der Waals surface area (Å²) in [5.74, 6) is -3.27. The first-order valence-electron chi connectivity index (χ1n) is 4.93. The molecule has 0 fully saturated rings. The summed E-state index contributed by atoms with van der Waals surface area (Å²) in [6.45, 7) is 0. The number of hydrogen-bond acceptors (Lipinski definition) is 1. The van der Waals surface area contributed by atoms with Gasteiger partial charge in [-0.1, -0.05) is 15.9 Å². The van der Waals surface area contributed by atoms with E-state index in [-0.39, 0.29) is 11.1 Å². The zero-order chi connectivity index (χ0) is 13.3. The maximum absolute atomic E-state index is 13.5. The van der Waals surface area contributed by atoms with E-state index < -0.39 is 23.2 Å². The average Bonchev–Trinajstić information content (AvgIpc) is 2.26. The van der Waals surface area contributed by atoms with Crippen LogP contribution < -0.4 is 0 Å².